The summed E-state index contributed by atoms with van der Waals surface area (Å²) in [6, 6.07) is 5.73. The quantitative estimate of drug-likeness (QED) is 0.821. The largest absolute Gasteiger partial charge is 0.494 e. The van der Waals surface area contributed by atoms with Gasteiger partial charge in [0.15, 0.2) is 0 Å². The first-order valence-electron chi connectivity index (χ1n) is 7.00. The van der Waals surface area contributed by atoms with Crippen LogP contribution in [0.1, 0.15) is 20.8 Å². The summed E-state index contributed by atoms with van der Waals surface area (Å²) in [7, 11) is 0. The number of hydrogen-bond donors (Lipinski definition) is 2. The summed E-state index contributed by atoms with van der Waals surface area (Å²) in [4.78, 5) is 2.18. The van der Waals surface area contributed by atoms with E-state index >= 15 is 0 Å². The van der Waals surface area contributed by atoms with E-state index < -0.39 is 0 Å². The topological polar surface area (TPSA) is 68.0 Å². The number of rotatable bonds is 4. The lowest BCUT2D eigenvalue weighted by atomic mass is 10.0. The van der Waals surface area contributed by atoms with Gasteiger partial charge >= 0.3 is 0 Å². The standard InChI is InChI=1S/C15H24N2O3/c1-4-19-13-6-11(16)5-12(7-13)17-8-14(9-18)20-15(2,3)10-17/h5-7,14,18H,4,8-10,16H2,1-3H3. The van der Waals surface area contributed by atoms with Crippen molar-refractivity contribution < 1.29 is 14.6 Å². The molecule has 20 heavy (non-hydrogen) atoms. The molecule has 0 bridgehead atoms. The Labute approximate surface area is 120 Å². The molecule has 1 aromatic carbocycles. The van der Waals surface area contributed by atoms with Gasteiger partial charge in [-0.1, -0.05) is 0 Å². The molecule has 1 heterocycles. The van der Waals surface area contributed by atoms with Crippen LogP contribution in [-0.4, -0.2) is 43.1 Å². The maximum absolute atomic E-state index is 9.38. The fraction of sp³-hybridized carbons (Fsp3) is 0.600. The second-order valence-corrected chi connectivity index (χ2v) is 5.76. The molecule has 0 spiro atoms. The summed E-state index contributed by atoms with van der Waals surface area (Å²) in [5.41, 5.74) is 7.32. The van der Waals surface area contributed by atoms with E-state index in [1.807, 2.05) is 39.0 Å². The molecule has 0 aliphatic carbocycles. The van der Waals surface area contributed by atoms with E-state index in [1.54, 1.807) is 0 Å². The Bertz CT molecular complexity index is 462. The first kappa shape index (κ1) is 14.9. The van der Waals surface area contributed by atoms with Gasteiger partial charge in [0.05, 0.1) is 24.9 Å². The van der Waals surface area contributed by atoms with Crippen molar-refractivity contribution in [3.8, 4) is 5.75 Å². The third kappa shape index (κ3) is 3.55. The highest BCUT2D eigenvalue weighted by atomic mass is 16.5. The molecule has 1 atom stereocenters. The van der Waals surface area contributed by atoms with Crippen molar-refractivity contribution in [1.82, 2.24) is 0 Å². The zero-order valence-electron chi connectivity index (χ0n) is 12.4. The van der Waals surface area contributed by atoms with Crippen molar-refractivity contribution in [2.24, 2.45) is 0 Å². The number of anilines is 2. The normalized spacial score (nSPS) is 21.8. The van der Waals surface area contributed by atoms with Gasteiger partial charge in [-0.2, -0.15) is 0 Å². The predicted molar refractivity (Wildman–Crippen MR) is 80.3 cm³/mol. The molecule has 0 saturated carbocycles. The Morgan fingerprint density at radius 3 is 2.85 bits per heavy atom. The van der Waals surface area contributed by atoms with Crippen LogP contribution in [0.25, 0.3) is 0 Å². The first-order valence-corrected chi connectivity index (χ1v) is 7.00. The van der Waals surface area contributed by atoms with Crippen LogP contribution >= 0.6 is 0 Å². The van der Waals surface area contributed by atoms with E-state index in [1.165, 1.54) is 0 Å². The van der Waals surface area contributed by atoms with Crippen molar-refractivity contribution >= 4 is 11.4 Å². The van der Waals surface area contributed by atoms with Gasteiger partial charge in [0.1, 0.15) is 5.75 Å². The number of nitrogens with zero attached hydrogens (tertiary/aromatic N) is 1. The maximum Gasteiger partial charge on any atom is 0.123 e. The second kappa shape index (κ2) is 5.89. The lowest BCUT2D eigenvalue weighted by Gasteiger charge is -2.43. The molecule has 1 aliphatic rings. The highest BCUT2D eigenvalue weighted by molar-refractivity contribution is 5.61. The van der Waals surface area contributed by atoms with Crippen LogP contribution in [0.5, 0.6) is 5.75 Å². The van der Waals surface area contributed by atoms with Crippen LogP contribution < -0.4 is 15.4 Å². The van der Waals surface area contributed by atoms with Crippen molar-refractivity contribution in [3.63, 3.8) is 0 Å². The van der Waals surface area contributed by atoms with Crippen LogP contribution in [0.15, 0.2) is 18.2 Å². The SMILES string of the molecule is CCOc1cc(N)cc(N2CC(CO)OC(C)(C)C2)c1. The third-order valence-corrected chi connectivity index (χ3v) is 3.27. The van der Waals surface area contributed by atoms with Crippen molar-refractivity contribution in [2.75, 3.05) is 36.9 Å². The predicted octanol–water partition coefficient (Wildman–Crippen LogP) is 1.64. The molecule has 0 radical (unpaired) electrons. The van der Waals surface area contributed by atoms with Crippen molar-refractivity contribution in [2.45, 2.75) is 32.5 Å². The van der Waals surface area contributed by atoms with Crippen LogP contribution in [0.2, 0.25) is 0 Å². The summed E-state index contributed by atoms with van der Waals surface area (Å²) in [6.45, 7) is 8.02. The number of benzene rings is 1. The van der Waals surface area contributed by atoms with E-state index in [9.17, 15) is 5.11 Å². The molecule has 112 valence electrons. The summed E-state index contributed by atoms with van der Waals surface area (Å²) < 4.78 is 11.4. The number of aliphatic hydroxyl groups excluding tert-OH is 1. The Morgan fingerprint density at radius 2 is 2.20 bits per heavy atom. The molecular formula is C15H24N2O3. The van der Waals surface area contributed by atoms with E-state index in [2.05, 4.69) is 4.90 Å². The number of hydrogen-bond acceptors (Lipinski definition) is 5. The minimum atomic E-state index is -0.304. The number of aliphatic hydroxyl groups is 1. The lowest BCUT2D eigenvalue weighted by molar-refractivity contribution is -0.101. The minimum absolute atomic E-state index is 0.0144. The summed E-state index contributed by atoms with van der Waals surface area (Å²) in [6.07, 6.45) is -0.185. The molecule has 1 unspecified atom stereocenters. The summed E-state index contributed by atoms with van der Waals surface area (Å²) in [5.74, 6) is 0.771. The molecule has 1 fully saturated rings. The Hall–Kier alpha value is -1.46. The van der Waals surface area contributed by atoms with E-state index in [-0.39, 0.29) is 18.3 Å². The molecular weight excluding hydrogens is 256 g/mol. The van der Waals surface area contributed by atoms with Crippen molar-refractivity contribution in [3.05, 3.63) is 18.2 Å². The van der Waals surface area contributed by atoms with Crippen LogP contribution in [0.3, 0.4) is 0 Å². The minimum Gasteiger partial charge on any atom is -0.494 e. The zero-order chi connectivity index (χ0) is 14.8. The fourth-order valence-corrected chi connectivity index (χ4v) is 2.63. The number of ether oxygens (including phenoxy) is 2. The number of nitrogen functional groups attached to an aromatic ring is 1. The van der Waals surface area contributed by atoms with Gasteiger partial charge in [-0.25, -0.2) is 0 Å². The van der Waals surface area contributed by atoms with Gasteiger partial charge in [-0.15, -0.1) is 0 Å². The first-order chi connectivity index (χ1) is 9.43. The van der Waals surface area contributed by atoms with Crippen LogP contribution in [-0.2, 0) is 4.74 Å². The molecule has 1 saturated heterocycles. The van der Waals surface area contributed by atoms with E-state index in [0.717, 1.165) is 18.0 Å². The monoisotopic (exact) mass is 280 g/mol. The van der Waals surface area contributed by atoms with Crippen LogP contribution in [0, 0.1) is 0 Å². The molecule has 1 aromatic rings. The molecule has 0 amide bonds. The Balaban J connectivity index is 2.25. The number of nitrogens with two attached hydrogens (primary N) is 1. The maximum atomic E-state index is 9.38. The molecule has 3 N–H and O–H groups in total. The summed E-state index contributed by atoms with van der Waals surface area (Å²) >= 11 is 0. The zero-order valence-corrected chi connectivity index (χ0v) is 12.4. The van der Waals surface area contributed by atoms with Gasteiger partial charge in [0.2, 0.25) is 0 Å². The molecule has 1 aliphatic heterocycles. The van der Waals surface area contributed by atoms with Gasteiger partial charge in [0, 0.05) is 36.6 Å². The Morgan fingerprint density at radius 1 is 1.45 bits per heavy atom. The second-order valence-electron chi connectivity index (χ2n) is 5.76. The highest BCUT2D eigenvalue weighted by Crippen LogP contribution is 2.30. The third-order valence-electron chi connectivity index (χ3n) is 3.27. The van der Waals surface area contributed by atoms with Gasteiger partial charge in [0.25, 0.3) is 0 Å². The average Bonchev–Trinajstić information content (AvgIpc) is 2.36. The smallest absolute Gasteiger partial charge is 0.123 e. The van der Waals surface area contributed by atoms with Crippen LogP contribution in [0.4, 0.5) is 11.4 Å². The Kier molecular flexibility index (Phi) is 4.40. The average molecular weight is 280 g/mol. The molecule has 0 aromatic heterocycles. The lowest BCUT2D eigenvalue weighted by Crippen LogP contribution is -2.54. The highest BCUT2D eigenvalue weighted by Gasteiger charge is 2.33. The molecule has 5 nitrogen and oxygen atoms in total. The van der Waals surface area contributed by atoms with E-state index in [0.29, 0.717) is 18.8 Å². The summed E-state index contributed by atoms with van der Waals surface area (Å²) in [5, 5.41) is 9.38. The van der Waals surface area contributed by atoms with Gasteiger partial charge in [-0.3, -0.25) is 0 Å². The fourth-order valence-electron chi connectivity index (χ4n) is 2.63. The van der Waals surface area contributed by atoms with Crippen molar-refractivity contribution in [1.29, 1.82) is 0 Å². The van der Waals surface area contributed by atoms with E-state index in [4.69, 9.17) is 15.2 Å². The molecule has 2 rings (SSSR count). The van der Waals surface area contributed by atoms with Gasteiger partial charge in [-0.05, 0) is 26.8 Å². The number of morpholine rings is 1. The van der Waals surface area contributed by atoms with Gasteiger partial charge < -0.3 is 25.2 Å². The molecule has 5 heteroatoms.